The van der Waals surface area contributed by atoms with Crippen molar-refractivity contribution in [1.82, 2.24) is 18.9 Å². The smallest absolute Gasteiger partial charge is 0.358 e. The molecule has 0 bridgehead atoms. The number of hydrogen-bond donors (Lipinski definition) is 0. The Bertz CT molecular complexity index is 901. The predicted octanol–water partition coefficient (Wildman–Crippen LogP) is 1.50. The van der Waals surface area contributed by atoms with E-state index < -0.39 is 4.92 Å². The van der Waals surface area contributed by atoms with Gasteiger partial charge in [0.1, 0.15) is 11.8 Å². The first kappa shape index (κ1) is 13.3. The quantitative estimate of drug-likeness (QED) is 0.540. The maximum atomic E-state index is 12.0. The van der Waals surface area contributed by atoms with Gasteiger partial charge in [0.15, 0.2) is 0 Å². The van der Waals surface area contributed by atoms with E-state index in [2.05, 4.69) is 9.97 Å². The van der Waals surface area contributed by atoms with E-state index in [0.29, 0.717) is 16.4 Å². The Morgan fingerprint density at radius 1 is 1.33 bits per heavy atom. The Hall–Kier alpha value is -2.74. The third kappa shape index (κ3) is 2.61. The van der Waals surface area contributed by atoms with Gasteiger partial charge >= 0.3 is 5.82 Å². The maximum absolute atomic E-state index is 12.0. The zero-order valence-electron chi connectivity index (χ0n) is 10.5. The summed E-state index contributed by atoms with van der Waals surface area (Å²) in [5, 5.41) is 11.0. The lowest BCUT2D eigenvalue weighted by Crippen LogP contribution is -2.16. The van der Waals surface area contributed by atoms with E-state index in [4.69, 9.17) is 11.6 Å². The van der Waals surface area contributed by atoms with Crippen molar-refractivity contribution < 1.29 is 4.92 Å². The summed E-state index contributed by atoms with van der Waals surface area (Å²) in [4.78, 5) is 29.9. The van der Waals surface area contributed by atoms with Crippen LogP contribution in [0.2, 0.25) is 5.02 Å². The number of rotatable bonds is 3. The van der Waals surface area contributed by atoms with Crippen molar-refractivity contribution in [3.05, 3.63) is 68.1 Å². The summed E-state index contributed by atoms with van der Waals surface area (Å²) in [6.45, 7) is 0.217. The molecular formula is C12H8ClN5O3. The summed E-state index contributed by atoms with van der Waals surface area (Å²) < 4.78 is 2.83. The van der Waals surface area contributed by atoms with Crippen LogP contribution in [-0.4, -0.2) is 23.9 Å². The molecule has 0 aliphatic carbocycles. The van der Waals surface area contributed by atoms with Crippen LogP contribution in [0.1, 0.15) is 5.69 Å². The van der Waals surface area contributed by atoms with Crippen LogP contribution in [0.25, 0.3) is 5.65 Å². The molecule has 0 unspecified atom stereocenters. The number of nitrogens with zero attached hydrogens (tertiary/aromatic N) is 5. The fraction of sp³-hybridized carbons (Fsp3) is 0.0833. The van der Waals surface area contributed by atoms with Crippen molar-refractivity contribution in [1.29, 1.82) is 0 Å². The highest BCUT2D eigenvalue weighted by Gasteiger charge is 2.11. The second kappa shape index (κ2) is 4.98. The number of fused-ring (bicyclic) bond motifs is 1. The molecule has 0 aliphatic rings. The fourth-order valence-electron chi connectivity index (χ4n) is 1.92. The molecule has 0 saturated carbocycles. The van der Waals surface area contributed by atoms with Crippen molar-refractivity contribution in [3.8, 4) is 0 Å². The van der Waals surface area contributed by atoms with Gasteiger partial charge in [-0.15, -0.1) is 0 Å². The average Bonchev–Trinajstić information content (AvgIpc) is 2.88. The van der Waals surface area contributed by atoms with E-state index in [1.807, 2.05) is 0 Å². The summed E-state index contributed by atoms with van der Waals surface area (Å²) in [7, 11) is 0. The molecule has 0 N–H and O–H groups in total. The minimum atomic E-state index is -0.582. The first-order chi connectivity index (χ1) is 10.0. The third-order valence-corrected chi connectivity index (χ3v) is 3.05. The predicted molar refractivity (Wildman–Crippen MR) is 74.5 cm³/mol. The van der Waals surface area contributed by atoms with Crippen molar-refractivity contribution in [2.24, 2.45) is 0 Å². The van der Waals surface area contributed by atoms with E-state index in [1.165, 1.54) is 33.8 Å². The molecule has 0 aliphatic heterocycles. The van der Waals surface area contributed by atoms with Gasteiger partial charge in [0, 0.05) is 12.3 Å². The first-order valence-electron chi connectivity index (χ1n) is 5.87. The molecule has 0 atom stereocenters. The number of imidazole rings is 1. The molecule has 3 aromatic heterocycles. The molecule has 0 fully saturated rings. The van der Waals surface area contributed by atoms with E-state index in [9.17, 15) is 14.9 Å². The molecule has 3 rings (SSSR count). The Balaban J connectivity index is 1.99. The molecule has 9 heteroatoms. The van der Waals surface area contributed by atoms with Crippen molar-refractivity contribution in [3.63, 3.8) is 0 Å². The molecule has 3 aromatic rings. The topological polar surface area (TPSA) is 95.3 Å². The Morgan fingerprint density at radius 2 is 2.14 bits per heavy atom. The molecule has 8 nitrogen and oxygen atoms in total. The Labute approximate surface area is 122 Å². The van der Waals surface area contributed by atoms with Crippen LogP contribution in [0.15, 0.2) is 41.7 Å². The van der Waals surface area contributed by atoms with E-state index in [0.717, 1.165) is 0 Å². The van der Waals surface area contributed by atoms with E-state index in [-0.39, 0.29) is 17.9 Å². The van der Waals surface area contributed by atoms with Crippen LogP contribution in [0.4, 0.5) is 5.82 Å². The largest absolute Gasteiger partial charge is 0.381 e. The highest BCUT2D eigenvalue weighted by molar-refractivity contribution is 6.30. The summed E-state index contributed by atoms with van der Waals surface area (Å²) in [6, 6.07) is 4.62. The minimum absolute atomic E-state index is 0.217. The number of halogens is 1. The molecule has 106 valence electrons. The zero-order chi connectivity index (χ0) is 15.0. The van der Waals surface area contributed by atoms with Crippen molar-refractivity contribution in [2.75, 3.05) is 0 Å². The van der Waals surface area contributed by atoms with Gasteiger partial charge in [-0.1, -0.05) is 11.6 Å². The van der Waals surface area contributed by atoms with Crippen LogP contribution in [-0.2, 0) is 6.54 Å². The van der Waals surface area contributed by atoms with Crippen LogP contribution in [0, 0.1) is 10.1 Å². The molecule has 0 radical (unpaired) electrons. The molecule has 0 amide bonds. The SMILES string of the molecule is O=c1cc(Cn2cnc([N+](=O)[O-])c2)nc2ccc(Cl)cn12. The van der Waals surface area contributed by atoms with Crippen LogP contribution >= 0.6 is 11.6 Å². The number of pyridine rings is 1. The highest BCUT2D eigenvalue weighted by atomic mass is 35.5. The van der Waals surface area contributed by atoms with Gasteiger partial charge in [0.25, 0.3) is 5.56 Å². The Kier molecular flexibility index (Phi) is 3.15. The third-order valence-electron chi connectivity index (χ3n) is 2.83. The molecule has 0 aromatic carbocycles. The molecule has 0 saturated heterocycles. The molecule has 21 heavy (non-hydrogen) atoms. The van der Waals surface area contributed by atoms with Crippen LogP contribution in [0.3, 0.4) is 0 Å². The van der Waals surface area contributed by atoms with E-state index in [1.54, 1.807) is 12.1 Å². The minimum Gasteiger partial charge on any atom is -0.358 e. The van der Waals surface area contributed by atoms with Gasteiger partial charge in [-0.3, -0.25) is 9.20 Å². The van der Waals surface area contributed by atoms with E-state index >= 15 is 0 Å². The zero-order valence-corrected chi connectivity index (χ0v) is 11.3. The fourth-order valence-corrected chi connectivity index (χ4v) is 2.08. The van der Waals surface area contributed by atoms with Gasteiger partial charge < -0.3 is 14.7 Å². The second-order valence-corrected chi connectivity index (χ2v) is 4.76. The van der Waals surface area contributed by atoms with Gasteiger partial charge in [-0.05, 0) is 22.0 Å². The Morgan fingerprint density at radius 3 is 2.86 bits per heavy atom. The standard InChI is InChI=1S/C12H8ClN5O3/c13-8-1-2-10-15-9(3-12(19)17(10)4-8)5-16-6-11(14-7-16)18(20)21/h1-4,6-7H,5H2. The van der Waals surface area contributed by atoms with Gasteiger partial charge in [-0.2, -0.15) is 0 Å². The summed E-state index contributed by atoms with van der Waals surface area (Å²) in [5.41, 5.74) is 0.665. The number of hydrogen-bond acceptors (Lipinski definition) is 5. The molecular weight excluding hydrogens is 298 g/mol. The lowest BCUT2D eigenvalue weighted by Gasteiger charge is -2.04. The van der Waals surface area contributed by atoms with Gasteiger partial charge in [0.2, 0.25) is 6.33 Å². The van der Waals surface area contributed by atoms with Gasteiger partial charge in [0.05, 0.1) is 17.3 Å². The second-order valence-electron chi connectivity index (χ2n) is 4.32. The van der Waals surface area contributed by atoms with Crippen molar-refractivity contribution >= 4 is 23.1 Å². The lowest BCUT2D eigenvalue weighted by atomic mass is 10.3. The average molecular weight is 306 g/mol. The van der Waals surface area contributed by atoms with Crippen LogP contribution < -0.4 is 5.56 Å². The van der Waals surface area contributed by atoms with Crippen molar-refractivity contribution in [2.45, 2.75) is 6.54 Å². The normalized spacial score (nSPS) is 10.9. The first-order valence-corrected chi connectivity index (χ1v) is 6.25. The monoisotopic (exact) mass is 305 g/mol. The highest BCUT2D eigenvalue weighted by Crippen LogP contribution is 2.10. The maximum Gasteiger partial charge on any atom is 0.381 e. The molecule has 0 spiro atoms. The molecule has 3 heterocycles. The summed E-state index contributed by atoms with van der Waals surface area (Å²) in [5.74, 6) is -0.251. The van der Waals surface area contributed by atoms with Gasteiger partial charge in [-0.25, -0.2) is 4.98 Å². The number of aromatic nitrogens is 4. The van der Waals surface area contributed by atoms with Crippen LogP contribution in [0.5, 0.6) is 0 Å². The summed E-state index contributed by atoms with van der Waals surface area (Å²) in [6.07, 6.45) is 4.09. The number of nitro groups is 1. The summed E-state index contributed by atoms with van der Waals surface area (Å²) >= 11 is 5.83. The lowest BCUT2D eigenvalue weighted by molar-refractivity contribution is -0.389.